The smallest absolute Gasteiger partial charge is 0.307 e. The molecule has 0 radical (unpaired) electrons. The highest BCUT2D eigenvalue weighted by atomic mass is 32.1. The van der Waals surface area contributed by atoms with Gasteiger partial charge in [-0.1, -0.05) is 60.7 Å². The van der Waals surface area contributed by atoms with Crippen LogP contribution < -0.4 is 0 Å². The molecule has 0 saturated heterocycles. The van der Waals surface area contributed by atoms with Gasteiger partial charge in [0.15, 0.2) is 5.58 Å². The van der Waals surface area contributed by atoms with Gasteiger partial charge in [0.05, 0.1) is 11.0 Å². The third-order valence-corrected chi connectivity index (χ3v) is 9.52. The van der Waals surface area contributed by atoms with Gasteiger partial charge < -0.3 is 4.42 Å². The fraction of sp³-hybridized carbons (Fsp3) is 0. The third kappa shape index (κ3) is 2.34. The van der Waals surface area contributed by atoms with Gasteiger partial charge in [-0.05, 0) is 36.4 Å². The van der Waals surface area contributed by atoms with Gasteiger partial charge in [-0.25, -0.2) is 0 Å². The Hall–Kier alpha value is -4.19. The van der Waals surface area contributed by atoms with Crippen molar-refractivity contribution in [3.63, 3.8) is 0 Å². The van der Waals surface area contributed by atoms with Crippen molar-refractivity contribution in [2.45, 2.75) is 0 Å². The van der Waals surface area contributed by atoms with Crippen molar-refractivity contribution < 1.29 is 4.42 Å². The summed E-state index contributed by atoms with van der Waals surface area (Å²) < 4.78 is 14.0. The molecule has 0 aliphatic carbocycles. The van der Waals surface area contributed by atoms with E-state index in [1.54, 1.807) is 11.3 Å². The van der Waals surface area contributed by atoms with Crippen molar-refractivity contribution in [2.75, 3.05) is 0 Å². The van der Waals surface area contributed by atoms with Gasteiger partial charge in [0.25, 0.3) is 0 Å². The quantitative estimate of drug-likeness (QED) is 0.226. The minimum atomic E-state index is 0.613. The van der Waals surface area contributed by atoms with Crippen molar-refractivity contribution >= 4 is 95.9 Å². The Bertz CT molecular complexity index is 2330. The van der Waals surface area contributed by atoms with Crippen molar-refractivity contribution in [1.29, 1.82) is 0 Å². The molecule has 4 aromatic heterocycles. The van der Waals surface area contributed by atoms with Gasteiger partial charge in [-0.3, -0.25) is 4.57 Å². The van der Waals surface area contributed by atoms with Crippen LogP contribution in [0, 0.1) is 0 Å². The maximum atomic E-state index is 6.71. The zero-order valence-corrected chi connectivity index (χ0v) is 20.5. The number of hydrogen-bond donors (Lipinski definition) is 0. The molecule has 4 heterocycles. The molecule has 0 fully saturated rings. The minimum absolute atomic E-state index is 0.613. The summed E-state index contributed by atoms with van der Waals surface area (Å²) in [6, 6.07) is 35.1. The number of hydrogen-bond acceptors (Lipinski definition) is 4. The van der Waals surface area contributed by atoms with E-state index in [9.17, 15) is 0 Å². The summed E-state index contributed by atoms with van der Waals surface area (Å²) in [5.74, 6) is 0. The van der Waals surface area contributed by atoms with Crippen molar-refractivity contribution in [2.24, 2.45) is 0 Å². The van der Waals surface area contributed by atoms with Gasteiger partial charge in [0.1, 0.15) is 5.52 Å². The first-order valence-electron chi connectivity index (χ1n) is 11.9. The van der Waals surface area contributed by atoms with E-state index in [0.29, 0.717) is 6.01 Å². The highest BCUT2D eigenvalue weighted by Crippen LogP contribution is 2.44. The molecule has 0 N–H and O–H groups in total. The summed E-state index contributed by atoms with van der Waals surface area (Å²) in [7, 11) is 0. The molecule has 0 aliphatic heterocycles. The van der Waals surface area contributed by atoms with Crippen molar-refractivity contribution in [1.82, 2.24) is 9.55 Å². The van der Waals surface area contributed by atoms with E-state index >= 15 is 0 Å². The van der Waals surface area contributed by atoms with Gasteiger partial charge >= 0.3 is 6.01 Å². The summed E-state index contributed by atoms with van der Waals surface area (Å²) in [6.07, 6.45) is 0. The fourth-order valence-corrected chi connectivity index (χ4v) is 7.96. The molecule has 5 aromatic carbocycles. The average Bonchev–Trinajstić information content (AvgIpc) is 3.66. The minimum Gasteiger partial charge on any atom is -0.422 e. The van der Waals surface area contributed by atoms with Gasteiger partial charge in [-0.15, -0.1) is 22.7 Å². The number of para-hydroxylation sites is 1. The molecule has 3 nitrogen and oxygen atoms in total. The standard InChI is InChI=1S/C31H16N2OS2/c1-4-10-22-17(7-1)18-13-15-25-27(19-8-2-5-11-23(19)35-25)29(18)33(22)31-32-21-14-16-26-28(30(21)34-31)20-9-3-6-12-24(20)36-26/h1-16H. The molecule has 5 heteroatoms. The van der Waals surface area contributed by atoms with Crippen molar-refractivity contribution in [3.8, 4) is 6.01 Å². The molecule has 0 bridgehead atoms. The zero-order valence-electron chi connectivity index (χ0n) is 18.9. The largest absolute Gasteiger partial charge is 0.422 e. The maximum absolute atomic E-state index is 6.71. The number of oxazole rings is 1. The topological polar surface area (TPSA) is 31.0 Å². The summed E-state index contributed by atoms with van der Waals surface area (Å²) in [4.78, 5) is 5.07. The molecule has 9 aromatic rings. The van der Waals surface area contributed by atoms with E-state index in [2.05, 4.69) is 102 Å². The lowest BCUT2D eigenvalue weighted by Crippen LogP contribution is -1.94. The Balaban J connectivity index is 1.49. The van der Waals surface area contributed by atoms with Crippen LogP contribution in [-0.4, -0.2) is 9.55 Å². The molecule has 168 valence electrons. The second-order valence-electron chi connectivity index (χ2n) is 9.17. The number of fused-ring (bicyclic) bond motifs is 12. The average molecular weight is 497 g/mol. The summed E-state index contributed by atoms with van der Waals surface area (Å²) in [5.41, 5.74) is 4.00. The third-order valence-electron chi connectivity index (χ3n) is 7.25. The van der Waals surface area contributed by atoms with Crippen LogP contribution in [0.25, 0.3) is 79.3 Å². The first kappa shape index (κ1) is 19.1. The molecule has 0 aliphatic rings. The Morgan fingerprint density at radius 1 is 0.556 bits per heavy atom. The van der Waals surface area contributed by atoms with Crippen molar-refractivity contribution in [3.05, 3.63) is 97.1 Å². The van der Waals surface area contributed by atoms with Gasteiger partial charge in [0.2, 0.25) is 0 Å². The number of nitrogens with zero attached hydrogens (tertiary/aromatic N) is 2. The van der Waals surface area contributed by atoms with E-state index in [1.165, 1.54) is 45.7 Å². The molecule has 36 heavy (non-hydrogen) atoms. The van der Waals surface area contributed by atoms with Crippen LogP contribution in [0.2, 0.25) is 0 Å². The highest BCUT2D eigenvalue weighted by molar-refractivity contribution is 7.26. The first-order chi connectivity index (χ1) is 17.8. The first-order valence-corrected chi connectivity index (χ1v) is 13.5. The highest BCUT2D eigenvalue weighted by Gasteiger charge is 2.22. The van der Waals surface area contributed by atoms with Crippen LogP contribution in [0.15, 0.2) is 101 Å². The van der Waals surface area contributed by atoms with E-state index in [0.717, 1.165) is 27.5 Å². The predicted octanol–water partition coefficient (Wildman–Crippen LogP) is 9.66. The van der Waals surface area contributed by atoms with Crippen LogP contribution in [0.5, 0.6) is 0 Å². The van der Waals surface area contributed by atoms with E-state index < -0.39 is 0 Å². The van der Waals surface area contributed by atoms with E-state index in [-0.39, 0.29) is 0 Å². The molecular weight excluding hydrogens is 480 g/mol. The van der Waals surface area contributed by atoms with Crippen LogP contribution in [0.3, 0.4) is 0 Å². The van der Waals surface area contributed by atoms with E-state index in [4.69, 9.17) is 9.40 Å². The number of aromatic nitrogens is 2. The lowest BCUT2D eigenvalue weighted by molar-refractivity contribution is 0.577. The lowest BCUT2D eigenvalue weighted by atomic mass is 10.1. The van der Waals surface area contributed by atoms with E-state index in [1.807, 2.05) is 11.3 Å². The van der Waals surface area contributed by atoms with Gasteiger partial charge in [-0.2, -0.15) is 4.98 Å². The van der Waals surface area contributed by atoms with Crippen LogP contribution in [0.1, 0.15) is 0 Å². The lowest BCUT2D eigenvalue weighted by Gasteiger charge is -2.04. The number of benzene rings is 5. The Kier molecular flexibility index (Phi) is 3.56. The molecule has 0 spiro atoms. The predicted molar refractivity (Wildman–Crippen MR) is 154 cm³/mol. The fourth-order valence-electron chi connectivity index (χ4n) is 5.74. The maximum Gasteiger partial charge on any atom is 0.307 e. The second kappa shape index (κ2) is 6.72. The van der Waals surface area contributed by atoms with Gasteiger partial charge in [0, 0.05) is 51.1 Å². The zero-order chi connectivity index (χ0) is 23.4. The normalized spacial score (nSPS) is 12.4. The summed E-state index contributed by atoms with van der Waals surface area (Å²) >= 11 is 3.64. The Morgan fingerprint density at radius 2 is 1.19 bits per heavy atom. The van der Waals surface area contributed by atoms with Crippen LogP contribution in [-0.2, 0) is 0 Å². The molecular formula is C31H16N2OS2. The number of thiophene rings is 2. The van der Waals surface area contributed by atoms with Crippen LogP contribution in [0.4, 0.5) is 0 Å². The number of rotatable bonds is 1. The molecule has 0 unspecified atom stereocenters. The molecule has 9 rings (SSSR count). The van der Waals surface area contributed by atoms with Crippen LogP contribution >= 0.6 is 22.7 Å². The Labute approximate surface area is 212 Å². The summed E-state index contributed by atoms with van der Waals surface area (Å²) in [5, 5.41) is 7.33. The SMILES string of the molecule is c1ccc2c(c1)sc1ccc3nc(-n4c5ccccc5c5ccc6sc7ccccc7c6c54)oc3c12. The monoisotopic (exact) mass is 496 g/mol. The Morgan fingerprint density at radius 3 is 2.00 bits per heavy atom. The summed E-state index contributed by atoms with van der Waals surface area (Å²) in [6.45, 7) is 0. The second-order valence-corrected chi connectivity index (χ2v) is 11.3. The molecule has 0 atom stereocenters. The molecule has 0 saturated carbocycles. The molecule has 0 amide bonds.